The Labute approximate surface area is 141 Å². The number of nitrogens with zero attached hydrogens (tertiary/aromatic N) is 2. The van der Waals surface area contributed by atoms with Crippen LogP contribution in [-0.2, 0) is 9.59 Å². The van der Waals surface area contributed by atoms with Crippen molar-refractivity contribution in [3.8, 4) is 6.07 Å². The van der Waals surface area contributed by atoms with Crippen molar-refractivity contribution >= 4 is 17.5 Å². The molecule has 2 amide bonds. The first-order chi connectivity index (χ1) is 11.4. The van der Waals surface area contributed by atoms with Crippen LogP contribution in [-0.4, -0.2) is 29.8 Å². The van der Waals surface area contributed by atoms with E-state index in [0.717, 1.165) is 11.1 Å². The van der Waals surface area contributed by atoms with Gasteiger partial charge >= 0.3 is 0 Å². The van der Waals surface area contributed by atoms with Crippen molar-refractivity contribution in [3.63, 3.8) is 0 Å². The van der Waals surface area contributed by atoms with E-state index in [1.165, 1.54) is 0 Å². The number of nitrogens with one attached hydrogen (secondary N) is 1. The number of carbonyl (C=O) groups is 2. The van der Waals surface area contributed by atoms with Crippen molar-refractivity contribution in [2.24, 2.45) is 11.7 Å². The fourth-order valence-corrected chi connectivity index (χ4v) is 2.78. The van der Waals surface area contributed by atoms with Gasteiger partial charge in [-0.3, -0.25) is 9.59 Å². The molecule has 2 rings (SSSR count). The van der Waals surface area contributed by atoms with E-state index < -0.39 is 5.91 Å². The third kappa shape index (κ3) is 4.35. The van der Waals surface area contributed by atoms with Crippen molar-refractivity contribution in [1.82, 2.24) is 4.90 Å². The lowest BCUT2D eigenvalue weighted by Crippen LogP contribution is -2.36. The molecule has 0 radical (unpaired) electrons. The first-order valence-electron chi connectivity index (χ1n) is 7.94. The number of rotatable bonds is 4. The molecule has 1 heterocycles. The molecule has 1 aromatic rings. The zero-order chi connectivity index (χ0) is 17.7. The molecule has 1 saturated heterocycles. The summed E-state index contributed by atoms with van der Waals surface area (Å²) in [5.74, 6) is -0.836. The van der Waals surface area contributed by atoms with Crippen LogP contribution in [0.25, 0.3) is 0 Å². The second-order valence-electron chi connectivity index (χ2n) is 6.14. The van der Waals surface area contributed by atoms with Gasteiger partial charge in [0, 0.05) is 30.9 Å². The molecule has 6 heteroatoms. The van der Waals surface area contributed by atoms with Crippen molar-refractivity contribution in [2.75, 3.05) is 18.4 Å². The highest BCUT2D eigenvalue weighted by molar-refractivity contribution is 6.06. The van der Waals surface area contributed by atoms with Gasteiger partial charge in [-0.05, 0) is 38.3 Å². The van der Waals surface area contributed by atoms with Gasteiger partial charge in [-0.25, -0.2) is 0 Å². The van der Waals surface area contributed by atoms with Gasteiger partial charge in [0.05, 0.1) is 0 Å². The number of hydrogen-bond acceptors (Lipinski definition) is 4. The molecule has 1 aliphatic rings. The maximum absolute atomic E-state index is 12.3. The average molecular weight is 326 g/mol. The fourth-order valence-electron chi connectivity index (χ4n) is 2.78. The van der Waals surface area contributed by atoms with Crippen LogP contribution >= 0.6 is 0 Å². The summed E-state index contributed by atoms with van der Waals surface area (Å²) >= 11 is 0. The summed E-state index contributed by atoms with van der Waals surface area (Å²) < 4.78 is 0. The van der Waals surface area contributed by atoms with Crippen molar-refractivity contribution in [3.05, 3.63) is 41.1 Å². The normalized spacial score (nSPS) is 15.7. The number of hydrogen-bond donors (Lipinski definition) is 2. The summed E-state index contributed by atoms with van der Waals surface area (Å²) in [5.41, 5.74) is 8.11. The second-order valence-corrected chi connectivity index (χ2v) is 6.14. The predicted octanol–water partition coefficient (Wildman–Crippen LogP) is 1.85. The molecule has 126 valence electrons. The molecule has 0 spiro atoms. The number of likely N-dealkylation sites (tertiary alicyclic amines) is 1. The number of nitrogens with two attached hydrogens (primary N) is 1. The highest BCUT2D eigenvalue weighted by Crippen LogP contribution is 2.19. The number of anilines is 1. The van der Waals surface area contributed by atoms with Crippen molar-refractivity contribution in [1.29, 1.82) is 5.26 Å². The minimum Gasteiger partial charge on any atom is -0.376 e. The van der Waals surface area contributed by atoms with Gasteiger partial charge in [-0.2, -0.15) is 5.26 Å². The summed E-state index contributed by atoms with van der Waals surface area (Å²) in [7, 11) is 0. The van der Waals surface area contributed by atoms with Crippen molar-refractivity contribution in [2.45, 2.75) is 26.7 Å². The zero-order valence-electron chi connectivity index (χ0n) is 14.0. The number of amides is 2. The quantitative estimate of drug-likeness (QED) is 0.651. The second kappa shape index (κ2) is 7.64. The molecule has 0 aliphatic carbocycles. The van der Waals surface area contributed by atoms with Crippen LogP contribution in [0.2, 0.25) is 0 Å². The number of aryl methyl sites for hydroxylation is 2. The summed E-state index contributed by atoms with van der Waals surface area (Å²) in [6.45, 7) is 5.10. The van der Waals surface area contributed by atoms with Gasteiger partial charge in [0.15, 0.2) is 0 Å². The van der Waals surface area contributed by atoms with E-state index in [0.29, 0.717) is 31.6 Å². The van der Waals surface area contributed by atoms with Gasteiger partial charge < -0.3 is 16.0 Å². The Morgan fingerprint density at radius 3 is 2.54 bits per heavy atom. The Morgan fingerprint density at radius 1 is 1.33 bits per heavy atom. The molecule has 0 bridgehead atoms. The zero-order valence-corrected chi connectivity index (χ0v) is 14.0. The number of benzene rings is 1. The maximum atomic E-state index is 12.3. The minimum absolute atomic E-state index is 0.0486. The van der Waals surface area contributed by atoms with Crippen LogP contribution in [0.3, 0.4) is 0 Å². The van der Waals surface area contributed by atoms with Crippen LogP contribution in [0.1, 0.15) is 24.0 Å². The van der Waals surface area contributed by atoms with Crippen LogP contribution in [0.5, 0.6) is 0 Å². The molecule has 1 fully saturated rings. The first-order valence-corrected chi connectivity index (χ1v) is 7.94. The Balaban J connectivity index is 2.04. The van der Waals surface area contributed by atoms with Gasteiger partial charge in [-0.1, -0.05) is 17.7 Å². The average Bonchev–Trinajstić information content (AvgIpc) is 2.55. The molecule has 0 atom stereocenters. The van der Waals surface area contributed by atoms with Crippen LogP contribution in [0.15, 0.2) is 30.0 Å². The molecule has 0 saturated carbocycles. The summed E-state index contributed by atoms with van der Waals surface area (Å²) in [5, 5.41) is 12.1. The molecular formula is C18H22N4O2. The van der Waals surface area contributed by atoms with Gasteiger partial charge in [0.2, 0.25) is 5.91 Å². The summed E-state index contributed by atoms with van der Waals surface area (Å²) in [6, 6.07) is 7.66. The molecular weight excluding hydrogens is 304 g/mol. The largest absolute Gasteiger partial charge is 0.376 e. The summed E-state index contributed by atoms with van der Waals surface area (Å²) in [6.07, 6.45) is 2.85. The monoisotopic (exact) mass is 326 g/mol. The van der Waals surface area contributed by atoms with Gasteiger partial charge in [-0.15, -0.1) is 0 Å². The van der Waals surface area contributed by atoms with E-state index in [-0.39, 0.29) is 17.4 Å². The molecule has 6 nitrogen and oxygen atoms in total. The molecule has 3 N–H and O–H groups in total. The van der Waals surface area contributed by atoms with E-state index in [1.54, 1.807) is 6.20 Å². The fraction of sp³-hybridized carbons (Fsp3) is 0.389. The van der Waals surface area contributed by atoms with E-state index in [9.17, 15) is 14.9 Å². The van der Waals surface area contributed by atoms with Crippen LogP contribution in [0.4, 0.5) is 5.69 Å². The lowest BCUT2D eigenvalue weighted by molar-refractivity contribution is -0.123. The predicted molar refractivity (Wildman–Crippen MR) is 91.7 cm³/mol. The Kier molecular flexibility index (Phi) is 5.59. The van der Waals surface area contributed by atoms with E-state index in [1.807, 2.05) is 43.0 Å². The Bertz CT molecular complexity index is 710. The molecule has 1 aliphatic heterocycles. The van der Waals surface area contributed by atoms with E-state index >= 15 is 0 Å². The summed E-state index contributed by atoms with van der Waals surface area (Å²) in [4.78, 5) is 25.4. The van der Waals surface area contributed by atoms with E-state index in [4.69, 9.17) is 5.73 Å². The van der Waals surface area contributed by atoms with Crippen molar-refractivity contribution < 1.29 is 9.59 Å². The lowest BCUT2D eigenvalue weighted by Gasteiger charge is -2.29. The van der Waals surface area contributed by atoms with Gasteiger partial charge in [0.25, 0.3) is 5.91 Å². The first kappa shape index (κ1) is 17.5. The van der Waals surface area contributed by atoms with Crippen LogP contribution in [0, 0.1) is 31.1 Å². The molecule has 0 unspecified atom stereocenters. The molecule has 24 heavy (non-hydrogen) atoms. The van der Waals surface area contributed by atoms with Crippen LogP contribution < -0.4 is 11.1 Å². The number of piperidine rings is 1. The van der Waals surface area contributed by atoms with E-state index in [2.05, 4.69) is 5.32 Å². The maximum Gasteiger partial charge on any atom is 0.267 e. The third-order valence-corrected chi connectivity index (χ3v) is 4.24. The van der Waals surface area contributed by atoms with Gasteiger partial charge in [0.1, 0.15) is 11.6 Å². The standard InChI is InChI=1S/C18H22N4O2/c1-12-3-4-16(13(2)9-12)21-18(24)15(10-19)11-22-7-5-14(6-8-22)17(20)23/h3-4,9,11,14H,5-8H2,1-2H3,(H2,20,23)(H,21,24)/b15-11-. The number of primary amides is 1. The minimum atomic E-state index is -0.429. The number of nitriles is 1. The Hall–Kier alpha value is -2.81. The highest BCUT2D eigenvalue weighted by Gasteiger charge is 2.22. The SMILES string of the molecule is Cc1ccc(NC(=O)/C(C#N)=C\N2CCC(C(N)=O)CC2)c(C)c1. The molecule has 1 aromatic carbocycles. The highest BCUT2D eigenvalue weighted by atomic mass is 16.2. The number of carbonyl (C=O) groups excluding carboxylic acids is 2. The Morgan fingerprint density at radius 2 is 2.00 bits per heavy atom. The third-order valence-electron chi connectivity index (χ3n) is 4.24. The topological polar surface area (TPSA) is 99.2 Å². The smallest absolute Gasteiger partial charge is 0.267 e. The lowest BCUT2D eigenvalue weighted by atomic mass is 9.96. The molecule has 0 aromatic heterocycles.